The van der Waals surface area contributed by atoms with Gasteiger partial charge in [0.25, 0.3) is 23.6 Å². The number of azide groups is 1. The first-order valence-corrected chi connectivity index (χ1v) is 40.9. The molecule has 15 N–H and O–H groups in total. The minimum absolute atomic E-state index is 0. The number of aliphatic hydroxyl groups is 7. The number of hydrogen-bond acceptors (Lipinski definition) is 34. The topological polar surface area (TPSA) is 682 Å². The molecule has 0 spiro atoms. The maximum absolute atomic E-state index is 14.6. The molecule has 0 saturated carbocycles. The standard InChI is InChI=1S/C17H15FIN5O3.C17H15FN8O3.C17H17FN6O3.C17H16FN5O4.C10H12FN5O3.2CH4.N3.Na/c18-11-13(25)10(6-19)27-17(11)24-8-22-12-14(20-7-21-15(12)24)23-16(26)9-4-2-1-3-5-9;18-11-13(27)10(6-23-25-19)29-17(11)26-8-22-12-14(20-7-21-15(12)26)24-16(28)9-4-2-1-3-5-9;18-11-13(25)10(6-19)27-17(11)24-8-22-12-14(20-7-21-15(12)24)23-16(26)9-4-2-1-3-5-9;18-11-13(25)10(6-24)27-17(11)23-8-21-12-14(19-7-20-15(12)23)22-16(26)9-4-2-1-3-5-9;11-5-7(18)4(1-17)19-10(5)16-3-15-6-8(12)13-2-14-9(6)16;;;1-3-2;/h1-5,7-8,10-11,13,17,25H,6H2,(H,20,21,23,26);1-5,7-8,10-11,13,17,27H,6H2,(H,20,21,24,28);1-5,7-8,10-11,13,17,25H,6,19H2,(H,20,21,23,26);1-5,7-8,10-11,13,17,24-25H,6H2,(H,19,20,22,26);2-5,7,10,17-18H,1H2,(H2,12,13,14);2*1H4;;/q;;;;;;;-1;+1/t4*10-,11-,13-,17-;4-,5-,7-,10-;;;;/m11111..../s1. The minimum Gasteiger partial charge on any atom is -0.394 e. The average Bonchev–Trinajstić information content (AvgIpc) is 1.64. The number of benzene rings is 4. The van der Waals surface area contributed by atoms with Gasteiger partial charge in [-0.2, -0.15) is 0 Å². The summed E-state index contributed by atoms with van der Waals surface area (Å²) in [5.41, 5.74) is 37.6. The van der Waals surface area contributed by atoms with Gasteiger partial charge in [0, 0.05) is 38.1 Å². The summed E-state index contributed by atoms with van der Waals surface area (Å²) in [4.78, 5) is 115. The van der Waals surface area contributed by atoms with Crippen LogP contribution in [0.15, 0.2) is 190 Å². The fourth-order valence-corrected chi connectivity index (χ4v) is 14.9. The van der Waals surface area contributed by atoms with Crippen LogP contribution in [0.25, 0.3) is 82.2 Å². The summed E-state index contributed by atoms with van der Waals surface area (Å²) in [5, 5.41) is 81.5. The number of aromatic nitrogens is 20. The zero-order valence-corrected chi connectivity index (χ0v) is 72.9. The molecule has 55 heteroatoms. The fourth-order valence-electron chi connectivity index (χ4n) is 14.2. The number of ether oxygens (including phenoxy) is 5. The van der Waals surface area contributed by atoms with Gasteiger partial charge in [0.05, 0.1) is 63.6 Å². The summed E-state index contributed by atoms with van der Waals surface area (Å²) in [5.74, 6) is -0.551. The van der Waals surface area contributed by atoms with E-state index in [9.17, 15) is 71.8 Å². The van der Waals surface area contributed by atoms with Crippen molar-refractivity contribution >= 4 is 131 Å². The number of nitrogens with zero attached hydrogens (tertiary/aromatic N) is 26. The largest absolute Gasteiger partial charge is 1.00 e. The SMILES string of the molecule is C.C.NC[C@H]1O[C@@H](n2cnc3c(NC(=O)c4ccccc4)ncnc32)[C@H](F)[C@@H]1O.Nc1ncnc2c1ncn2[C@@H]1O[C@H](CO)[C@@H](O)[C@H]1F.O=C(Nc1ncnc2c1ncn2[C@@H]1O[C@H](CI)[C@@H](O)[C@H]1F)c1ccccc1.O=C(Nc1ncnc2c1ncn2[C@@H]1O[C@H](CO)[C@@H](O)[C@H]1F)c1ccccc1.[N-]=[N+]=NC[C@H]1O[C@@H](n2cnc3c(NC(=O)c4ccccc4)ncnc32)[C@H](F)[C@@H]1O.[N-]=[N+]=[N-].[Na+]. The average molecular weight is 1990 g/mol. The molecule has 0 bridgehead atoms. The predicted octanol–water partition coefficient (Wildman–Crippen LogP) is 3.54. The Morgan fingerprint density at radius 2 is 0.622 bits per heavy atom. The molecule has 5 aliphatic heterocycles. The van der Waals surface area contributed by atoms with E-state index in [4.69, 9.17) is 56.9 Å². The Bertz CT molecular complexity index is 6080. The van der Waals surface area contributed by atoms with Gasteiger partial charge >= 0.3 is 29.6 Å². The number of carbonyl (C=O) groups excluding carboxylic acids is 4. The molecule has 0 unspecified atom stereocenters. The Morgan fingerprint density at radius 1 is 0.385 bits per heavy atom. The van der Waals surface area contributed by atoms with Crippen LogP contribution >= 0.6 is 22.6 Å². The molecule has 4 aromatic carbocycles. The summed E-state index contributed by atoms with van der Waals surface area (Å²) in [7, 11) is 0. The van der Waals surface area contributed by atoms with E-state index in [1.807, 2.05) is 28.7 Å². The molecule has 19 rings (SSSR count). The molecule has 10 aromatic heterocycles. The number of rotatable bonds is 19. The number of carbonyl (C=O) groups is 4. The van der Waals surface area contributed by atoms with Crippen molar-refractivity contribution in [3.63, 3.8) is 0 Å². The number of alkyl halides is 6. The summed E-state index contributed by atoms with van der Waals surface area (Å²) in [6.07, 6.45) is -12.8. The van der Waals surface area contributed by atoms with Crippen LogP contribution in [0.2, 0.25) is 0 Å². The van der Waals surface area contributed by atoms with Crippen LogP contribution in [0.4, 0.5) is 51.0 Å². The van der Waals surface area contributed by atoms with Crippen molar-refractivity contribution in [2.75, 3.05) is 57.7 Å². The molecule has 20 atom stereocenters. The molecular formula is C80H83F5IN32NaO16. The Morgan fingerprint density at radius 3 is 0.874 bits per heavy atom. The summed E-state index contributed by atoms with van der Waals surface area (Å²) < 4.78 is 106. The van der Waals surface area contributed by atoms with Crippen molar-refractivity contribution in [2.24, 2.45) is 10.8 Å². The number of hydrogen-bond donors (Lipinski definition) is 13. The zero-order valence-electron chi connectivity index (χ0n) is 68.8. The molecule has 4 amide bonds. The third kappa shape index (κ3) is 22.1. The smallest absolute Gasteiger partial charge is 0.394 e. The third-order valence-corrected chi connectivity index (χ3v) is 21.7. The Kier molecular flexibility index (Phi) is 35.3. The summed E-state index contributed by atoms with van der Waals surface area (Å²) in [6, 6.07) is 34.5. The molecule has 5 aliphatic rings. The molecular weight excluding hydrogens is 1910 g/mol. The number of aliphatic hydroxyl groups excluding tert-OH is 7. The van der Waals surface area contributed by atoms with Gasteiger partial charge in [-0.1, -0.05) is 115 Å². The molecule has 0 radical (unpaired) electrons. The van der Waals surface area contributed by atoms with Crippen LogP contribution in [0, 0.1) is 0 Å². The first kappa shape index (κ1) is 102. The second-order valence-corrected chi connectivity index (χ2v) is 29.7. The maximum Gasteiger partial charge on any atom is 1.00 e. The van der Waals surface area contributed by atoms with Gasteiger partial charge in [0.1, 0.15) is 86.0 Å². The fraction of sp³-hybridized carbons (Fsp3) is 0.338. The predicted molar refractivity (Wildman–Crippen MR) is 472 cm³/mol. The molecule has 15 heterocycles. The van der Waals surface area contributed by atoms with Crippen molar-refractivity contribution in [2.45, 2.75) is 138 Å². The Balaban J connectivity index is 0.000000161. The van der Waals surface area contributed by atoms with Gasteiger partial charge in [-0.05, 0) is 54.1 Å². The van der Waals surface area contributed by atoms with Crippen molar-refractivity contribution in [3.05, 3.63) is 233 Å². The van der Waals surface area contributed by atoms with Crippen LogP contribution in [0.1, 0.15) is 87.4 Å². The van der Waals surface area contributed by atoms with Crippen molar-refractivity contribution in [1.82, 2.24) is 97.6 Å². The molecule has 5 saturated heterocycles. The number of imidazole rings is 5. The number of anilines is 5. The first-order chi connectivity index (χ1) is 63.9. The van der Waals surface area contributed by atoms with Crippen molar-refractivity contribution in [3.8, 4) is 0 Å². The number of fused-ring (bicyclic) bond motifs is 5. The van der Waals surface area contributed by atoms with Gasteiger partial charge in [-0.15, -0.1) is 0 Å². The molecule has 5 fully saturated rings. The number of nitrogen functional groups attached to an aromatic ring is 1. The number of nitrogens with two attached hydrogens (primary N) is 2. The number of halogens is 6. The van der Waals surface area contributed by atoms with Crippen LogP contribution in [-0.2, 0) is 23.7 Å². The van der Waals surface area contributed by atoms with Crippen molar-refractivity contribution in [1.29, 1.82) is 0 Å². The molecule has 702 valence electrons. The Labute approximate surface area is 793 Å². The maximum atomic E-state index is 14.6. The van der Waals surface area contributed by atoms with Gasteiger partial charge in [-0.3, -0.25) is 46.9 Å². The Hall–Kier alpha value is -13.2. The van der Waals surface area contributed by atoms with E-state index < -0.39 is 136 Å². The quantitative estimate of drug-likeness (QED) is 0.0105. The van der Waals surface area contributed by atoms with Gasteiger partial charge < -0.3 is 103 Å². The van der Waals surface area contributed by atoms with E-state index in [1.54, 1.807) is 115 Å². The van der Waals surface area contributed by atoms with E-state index in [2.05, 4.69) is 106 Å². The van der Waals surface area contributed by atoms with E-state index in [1.165, 1.54) is 91.0 Å². The van der Waals surface area contributed by atoms with Crippen LogP contribution < -0.4 is 62.3 Å². The zero-order chi connectivity index (χ0) is 93.6. The van der Waals surface area contributed by atoms with Gasteiger partial charge in [0.2, 0.25) is 0 Å². The second kappa shape index (κ2) is 46.6. The number of nitrogens with one attached hydrogen (secondary N) is 4. The molecule has 14 aromatic rings. The summed E-state index contributed by atoms with van der Waals surface area (Å²) in [6.45, 7) is -1.22. The van der Waals surface area contributed by atoms with Crippen LogP contribution in [0.3, 0.4) is 0 Å². The monoisotopic (exact) mass is 1990 g/mol. The molecule has 135 heavy (non-hydrogen) atoms. The van der Waals surface area contributed by atoms with Crippen LogP contribution in [0.5, 0.6) is 0 Å². The normalized spacial score (nSPS) is 24.5. The summed E-state index contributed by atoms with van der Waals surface area (Å²) >= 11 is 2.04. The molecule has 0 aliphatic carbocycles. The van der Waals surface area contributed by atoms with E-state index >= 15 is 0 Å². The first-order valence-electron chi connectivity index (χ1n) is 39.4. The van der Waals surface area contributed by atoms with E-state index in [0.29, 0.717) is 49.0 Å². The van der Waals surface area contributed by atoms with E-state index in [-0.39, 0.29) is 144 Å². The third-order valence-electron chi connectivity index (χ3n) is 20.8. The van der Waals surface area contributed by atoms with Gasteiger partial charge in [-0.25, -0.2) is 96.7 Å². The molecule has 48 nitrogen and oxygen atoms in total. The van der Waals surface area contributed by atoms with Gasteiger partial charge in [0.15, 0.2) is 141 Å². The minimum atomic E-state index is -1.79. The van der Waals surface area contributed by atoms with Crippen LogP contribution in [-0.4, -0.2) is 280 Å². The van der Waals surface area contributed by atoms with Crippen molar-refractivity contribution < 1.29 is 130 Å². The second-order valence-electron chi connectivity index (χ2n) is 28.8. The number of amides is 4. The van der Waals surface area contributed by atoms with E-state index in [0.717, 1.165) is 0 Å².